The lowest BCUT2D eigenvalue weighted by Gasteiger charge is -2.39. The van der Waals surface area contributed by atoms with Crippen LogP contribution in [0.15, 0.2) is 52.4 Å². The van der Waals surface area contributed by atoms with Crippen molar-refractivity contribution < 1.29 is 16.8 Å². The van der Waals surface area contributed by atoms with E-state index in [4.69, 9.17) is 5.73 Å². The number of aromatic nitrogens is 1. The molecule has 0 amide bonds. The molecule has 1 aromatic heterocycles. The van der Waals surface area contributed by atoms with Gasteiger partial charge in [-0.05, 0) is 43.3 Å². The van der Waals surface area contributed by atoms with Gasteiger partial charge in [0.05, 0.1) is 4.90 Å². The molecule has 1 fully saturated rings. The van der Waals surface area contributed by atoms with Gasteiger partial charge in [0.1, 0.15) is 16.8 Å². The minimum atomic E-state index is -3.73. The number of benzene rings is 1. The smallest absolute Gasteiger partial charge is 0.244 e. The van der Waals surface area contributed by atoms with Crippen LogP contribution in [0.3, 0.4) is 0 Å². The van der Waals surface area contributed by atoms with Crippen molar-refractivity contribution in [2.75, 3.05) is 36.8 Å². The van der Waals surface area contributed by atoms with E-state index in [0.717, 1.165) is 5.69 Å². The second-order valence-electron chi connectivity index (χ2n) is 6.88. The maximum atomic E-state index is 13.0. The van der Waals surface area contributed by atoms with Gasteiger partial charge in [-0.25, -0.2) is 26.5 Å². The number of pyridine rings is 1. The second-order valence-corrected chi connectivity index (χ2v) is 10.6. The summed E-state index contributed by atoms with van der Waals surface area (Å²) in [5.74, 6) is 6.17. The number of anilines is 2. The molecule has 166 valence electrons. The third-order valence-corrected chi connectivity index (χ3v) is 8.27. The lowest BCUT2D eigenvalue weighted by Crippen LogP contribution is -2.54. The Kier molecular flexibility index (Phi) is 6.86. The first-order valence-corrected chi connectivity index (χ1v) is 12.6. The number of nitrogens with two attached hydrogens (primary N) is 1. The summed E-state index contributed by atoms with van der Waals surface area (Å²) in [5, 5.41) is 0. The highest BCUT2D eigenvalue weighted by atomic mass is 32.2. The average Bonchev–Trinajstić information content (AvgIpc) is 2.74. The fraction of sp³-hybridized carbons (Fsp3) is 0.350. The number of hydrogen-bond donors (Lipinski definition) is 2. The van der Waals surface area contributed by atoms with Crippen LogP contribution >= 0.6 is 0 Å². The Bertz CT molecular complexity index is 1180. The van der Waals surface area contributed by atoms with E-state index in [1.807, 2.05) is 4.90 Å². The van der Waals surface area contributed by atoms with Gasteiger partial charge in [0.25, 0.3) is 0 Å². The number of hydrogen-bond acceptors (Lipinski definition) is 7. The molecule has 1 aliphatic rings. The van der Waals surface area contributed by atoms with Crippen LogP contribution in [-0.4, -0.2) is 58.3 Å². The normalized spacial score (nSPS) is 17.7. The van der Waals surface area contributed by atoms with E-state index < -0.39 is 20.0 Å². The maximum Gasteiger partial charge on any atom is 0.244 e. The number of sulfonamides is 2. The molecule has 1 aliphatic heterocycles. The molecule has 0 radical (unpaired) electrons. The Morgan fingerprint density at radius 3 is 2.35 bits per heavy atom. The monoisotopic (exact) mass is 463 g/mol. The van der Waals surface area contributed by atoms with Crippen LogP contribution in [-0.2, 0) is 20.0 Å². The van der Waals surface area contributed by atoms with Crippen molar-refractivity contribution in [3.8, 4) is 11.8 Å². The quantitative estimate of drug-likeness (QED) is 0.609. The number of piperazine rings is 1. The molecular weight excluding hydrogens is 438 g/mol. The van der Waals surface area contributed by atoms with Crippen molar-refractivity contribution in [3.05, 3.63) is 42.6 Å². The van der Waals surface area contributed by atoms with Gasteiger partial charge in [-0.3, -0.25) is 0 Å². The van der Waals surface area contributed by atoms with Crippen LogP contribution < -0.4 is 15.4 Å². The predicted octanol–water partition coefficient (Wildman–Crippen LogP) is 0.865. The molecule has 0 bridgehead atoms. The zero-order valence-electron chi connectivity index (χ0n) is 17.3. The minimum Gasteiger partial charge on any atom is -0.384 e. The summed E-state index contributed by atoms with van der Waals surface area (Å²) < 4.78 is 54.2. The van der Waals surface area contributed by atoms with Crippen LogP contribution in [0, 0.1) is 11.8 Å². The van der Waals surface area contributed by atoms with Crippen molar-refractivity contribution in [2.45, 2.75) is 29.7 Å². The summed E-state index contributed by atoms with van der Waals surface area (Å²) in [6.45, 7) is 4.55. The van der Waals surface area contributed by atoms with E-state index in [1.54, 1.807) is 26.0 Å². The first-order chi connectivity index (χ1) is 14.7. The summed E-state index contributed by atoms with van der Waals surface area (Å²) in [4.78, 5) is 6.11. The van der Waals surface area contributed by atoms with Crippen molar-refractivity contribution in [3.63, 3.8) is 0 Å². The van der Waals surface area contributed by atoms with Crippen molar-refractivity contribution in [1.29, 1.82) is 0 Å². The standard InChI is InChI=1S/C20H25N5O4S2/c1-3-5-17-15-24(31(28,29)19-10-11-20(21)22-14-19)12-13-25(17)16-6-8-18(9-7-16)30(26,27)23-4-2/h6-11,14,17,23H,4,12-13,15H2,1-2H3,(H2,21,22)/t17-/m0/s1. The maximum absolute atomic E-state index is 13.0. The van der Waals surface area contributed by atoms with E-state index in [1.165, 1.54) is 34.8 Å². The van der Waals surface area contributed by atoms with E-state index in [0.29, 0.717) is 13.1 Å². The molecule has 1 aromatic carbocycles. The SMILES string of the molecule is CC#C[C@H]1CN(S(=O)(=O)c2ccc(N)nc2)CCN1c1ccc(S(=O)(=O)NCC)cc1. The predicted molar refractivity (Wildman–Crippen MR) is 119 cm³/mol. The summed E-state index contributed by atoms with van der Waals surface area (Å²) >= 11 is 0. The van der Waals surface area contributed by atoms with E-state index in [2.05, 4.69) is 21.5 Å². The zero-order chi connectivity index (χ0) is 22.6. The fourth-order valence-corrected chi connectivity index (χ4v) is 5.78. The number of nitrogen functional groups attached to an aromatic ring is 1. The van der Waals surface area contributed by atoms with Crippen LogP contribution in [0.5, 0.6) is 0 Å². The van der Waals surface area contributed by atoms with Gasteiger partial charge in [0.15, 0.2) is 0 Å². The molecule has 0 saturated carbocycles. The Labute approximate surface area is 183 Å². The molecule has 2 heterocycles. The number of rotatable bonds is 6. The molecule has 1 atom stereocenters. The molecule has 2 aromatic rings. The van der Waals surface area contributed by atoms with E-state index in [-0.39, 0.29) is 34.7 Å². The van der Waals surface area contributed by atoms with Gasteiger partial charge < -0.3 is 10.6 Å². The molecule has 9 nitrogen and oxygen atoms in total. The molecule has 3 N–H and O–H groups in total. The second kappa shape index (κ2) is 9.23. The zero-order valence-corrected chi connectivity index (χ0v) is 18.9. The molecule has 0 unspecified atom stereocenters. The molecule has 31 heavy (non-hydrogen) atoms. The van der Waals surface area contributed by atoms with Crippen molar-refractivity contribution in [2.24, 2.45) is 0 Å². The van der Waals surface area contributed by atoms with Crippen molar-refractivity contribution >= 4 is 31.6 Å². The highest BCUT2D eigenvalue weighted by Gasteiger charge is 2.34. The van der Waals surface area contributed by atoms with Crippen LogP contribution in [0.2, 0.25) is 0 Å². The lowest BCUT2D eigenvalue weighted by molar-refractivity contribution is 0.360. The Hall–Kier alpha value is -2.65. The highest BCUT2D eigenvalue weighted by molar-refractivity contribution is 7.89. The molecule has 0 aliphatic carbocycles. The molecule has 0 spiro atoms. The molecule has 3 rings (SSSR count). The minimum absolute atomic E-state index is 0.0799. The summed E-state index contributed by atoms with van der Waals surface area (Å²) in [6.07, 6.45) is 1.25. The summed E-state index contributed by atoms with van der Waals surface area (Å²) in [5.41, 5.74) is 6.33. The Morgan fingerprint density at radius 1 is 1.10 bits per heavy atom. The van der Waals surface area contributed by atoms with Gasteiger partial charge in [-0.15, -0.1) is 5.92 Å². The van der Waals surface area contributed by atoms with Gasteiger partial charge in [-0.2, -0.15) is 4.31 Å². The summed E-state index contributed by atoms with van der Waals surface area (Å²) in [7, 11) is -7.28. The third-order valence-electron chi connectivity index (χ3n) is 4.86. The largest absolute Gasteiger partial charge is 0.384 e. The lowest BCUT2D eigenvalue weighted by atomic mass is 10.1. The first kappa shape index (κ1) is 23.0. The fourth-order valence-electron chi connectivity index (χ4n) is 3.36. The molecule has 1 saturated heterocycles. The first-order valence-electron chi connectivity index (χ1n) is 9.69. The van der Waals surface area contributed by atoms with Crippen molar-refractivity contribution in [1.82, 2.24) is 14.0 Å². The van der Waals surface area contributed by atoms with Gasteiger partial charge in [-0.1, -0.05) is 12.8 Å². The molecule has 11 heteroatoms. The van der Waals surface area contributed by atoms with Crippen LogP contribution in [0.25, 0.3) is 0 Å². The van der Waals surface area contributed by atoms with Gasteiger partial charge >= 0.3 is 0 Å². The Balaban J connectivity index is 1.83. The topological polar surface area (TPSA) is 126 Å². The average molecular weight is 464 g/mol. The highest BCUT2D eigenvalue weighted by Crippen LogP contribution is 2.25. The van der Waals surface area contributed by atoms with E-state index >= 15 is 0 Å². The van der Waals surface area contributed by atoms with Gasteiger partial charge in [0, 0.05) is 38.1 Å². The van der Waals surface area contributed by atoms with Crippen LogP contribution in [0.4, 0.5) is 11.5 Å². The third kappa shape index (κ3) is 4.99. The Morgan fingerprint density at radius 2 is 1.77 bits per heavy atom. The van der Waals surface area contributed by atoms with E-state index in [9.17, 15) is 16.8 Å². The molecular formula is C20H25N5O4S2. The summed E-state index contributed by atoms with van der Waals surface area (Å²) in [6, 6.07) is 9.00. The van der Waals surface area contributed by atoms with Gasteiger partial charge in [0.2, 0.25) is 20.0 Å². The van der Waals surface area contributed by atoms with Crippen LogP contribution in [0.1, 0.15) is 13.8 Å². The number of nitrogens with zero attached hydrogens (tertiary/aromatic N) is 3. The number of nitrogens with one attached hydrogen (secondary N) is 1.